The summed E-state index contributed by atoms with van der Waals surface area (Å²) in [5.74, 6) is 0. The van der Waals surface area contributed by atoms with Crippen molar-refractivity contribution in [1.82, 2.24) is 9.13 Å². The van der Waals surface area contributed by atoms with E-state index in [1.807, 2.05) is 0 Å². The molecule has 0 radical (unpaired) electrons. The predicted molar refractivity (Wildman–Crippen MR) is 480 cm³/mol. The van der Waals surface area contributed by atoms with E-state index >= 15 is 0 Å². The van der Waals surface area contributed by atoms with Crippen LogP contribution in [0.15, 0.2) is 423 Å². The van der Waals surface area contributed by atoms with E-state index in [0.717, 1.165) is 178 Å². The first-order valence-electron chi connectivity index (χ1n) is 39.3. The van der Waals surface area contributed by atoms with Gasteiger partial charge in [0.1, 0.15) is 5.58 Å². The Balaban J connectivity index is 0.890. The maximum Gasteiger partial charge on any atom is 0.252 e. The van der Waals surface area contributed by atoms with Crippen molar-refractivity contribution in [2.45, 2.75) is 0 Å². The van der Waals surface area contributed by atoms with Crippen LogP contribution in [-0.4, -0.2) is 15.8 Å². The van der Waals surface area contributed by atoms with Crippen molar-refractivity contribution >= 4 is 123 Å². The monoisotopic (exact) mass is 1450 g/mol. The molecule has 0 unspecified atom stereocenters. The molecule has 0 spiro atoms. The Labute approximate surface area is 660 Å². The number of furan rings is 1. The molecule has 0 atom stereocenters. The van der Waals surface area contributed by atoms with Crippen LogP contribution in [0.2, 0.25) is 0 Å². The number of benzene rings is 18. The Morgan fingerprint density at radius 2 is 0.553 bits per heavy atom. The average Bonchev–Trinajstić information content (AvgIpc) is 1.22. The molecule has 0 aliphatic carbocycles. The van der Waals surface area contributed by atoms with E-state index in [2.05, 4.69) is 438 Å². The fourth-order valence-corrected chi connectivity index (χ4v) is 18.7. The van der Waals surface area contributed by atoms with E-state index in [0.29, 0.717) is 0 Å². The van der Waals surface area contributed by atoms with E-state index in [9.17, 15) is 0 Å². The van der Waals surface area contributed by atoms with Gasteiger partial charge in [-0.2, -0.15) is 0 Å². The molecule has 2 aliphatic rings. The van der Waals surface area contributed by atoms with Crippen molar-refractivity contribution in [3.63, 3.8) is 0 Å². The van der Waals surface area contributed by atoms with Gasteiger partial charge in [-0.1, -0.05) is 346 Å². The smallest absolute Gasteiger partial charge is 0.252 e. The first kappa shape index (κ1) is 65.0. The number of anilines is 6. The van der Waals surface area contributed by atoms with Gasteiger partial charge in [0.05, 0.1) is 39.1 Å². The zero-order valence-corrected chi connectivity index (χ0v) is 62.1. The highest BCUT2D eigenvalue weighted by molar-refractivity contribution is 7.01. The summed E-state index contributed by atoms with van der Waals surface area (Å²) in [5, 5.41) is 6.78. The molecule has 6 heteroatoms. The van der Waals surface area contributed by atoms with E-state index < -0.39 is 6.71 Å². The molecule has 5 nitrogen and oxygen atoms in total. The van der Waals surface area contributed by atoms with E-state index in [-0.39, 0.29) is 0 Å². The van der Waals surface area contributed by atoms with Gasteiger partial charge in [0.2, 0.25) is 0 Å². The maximum absolute atomic E-state index is 7.82. The summed E-state index contributed by atoms with van der Waals surface area (Å²) in [6.45, 7) is -0.415. The van der Waals surface area contributed by atoms with Crippen LogP contribution in [0.25, 0.3) is 166 Å². The number of para-hydroxylation sites is 7. The highest BCUT2D eigenvalue weighted by Crippen LogP contribution is 2.57. The summed E-state index contributed by atoms with van der Waals surface area (Å²) in [5.41, 5.74) is 36.0. The molecule has 0 saturated heterocycles. The van der Waals surface area contributed by atoms with Gasteiger partial charge >= 0.3 is 0 Å². The van der Waals surface area contributed by atoms with Gasteiger partial charge in [-0.3, -0.25) is 0 Å². The number of hydrogen-bond donors (Lipinski definition) is 0. The Hall–Kier alpha value is -15.0. The number of hydrogen-bond acceptors (Lipinski definition) is 3. The number of rotatable bonds is 12. The Bertz CT molecular complexity index is 7100. The Kier molecular flexibility index (Phi) is 15.0. The molecule has 0 saturated carbocycles. The molecule has 3 aromatic heterocycles. The molecule has 18 aromatic carbocycles. The Morgan fingerprint density at radius 1 is 0.202 bits per heavy atom. The fraction of sp³-hybridized carbons (Fsp3) is 0. The molecule has 0 bridgehead atoms. The lowest BCUT2D eigenvalue weighted by Crippen LogP contribution is -2.61. The number of aromatic nitrogens is 2. The lowest BCUT2D eigenvalue weighted by molar-refractivity contribution is 0.669. The minimum absolute atomic E-state index is 0.415. The van der Waals surface area contributed by atoms with Crippen LogP contribution in [0, 0.1) is 0 Å². The van der Waals surface area contributed by atoms with Crippen molar-refractivity contribution in [3.05, 3.63) is 419 Å². The second kappa shape index (κ2) is 26.4. The van der Waals surface area contributed by atoms with Crippen LogP contribution in [0.3, 0.4) is 0 Å². The summed E-state index contributed by atoms with van der Waals surface area (Å²) in [4.78, 5) is 5.34. The van der Waals surface area contributed by atoms with Gasteiger partial charge in [0.25, 0.3) is 6.71 Å². The van der Waals surface area contributed by atoms with E-state index in [1.54, 1.807) is 0 Å². The molecule has 0 N–H and O–H groups in total. The summed E-state index contributed by atoms with van der Waals surface area (Å²) >= 11 is 0. The summed E-state index contributed by atoms with van der Waals surface area (Å²) < 4.78 is 12.8. The van der Waals surface area contributed by atoms with Crippen molar-refractivity contribution in [3.8, 4) is 100 Å². The SMILES string of the molecule is c1ccc(-c2ccc(-c3cccc(-c4ccc(-c5ccccc5)cc4)c3N3c4cc5c6ccccc6n(-c6ccccc6)c5cc4B4c5cc(-n6c7ccccc7c7ccccc76)ccc5N(c5c(-c6ccc(-c7ccccc7)cc6)cccc5-c5ccc(-c6ccccc6)cc5)c5c4c3cc3c5oc4ccccc43)cc2)cc1. The molecular formula is C108H69BN4O. The van der Waals surface area contributed by atoms with E-state index in [4.69, 9.17) is 4.42 Å². The minimum atomic E-state index is -0.415. The van der Waals surface area contributed by atoms with Crippen LogP contribution in [-0.2, 0) is 0 Å². The third-order valence-electron chi connectivity index (χ3n) is 23.9. The second-order valence-corrected chi connectivity index (χ2v) is 30.1. The molecule has 23 rings (SSSR count). The van der Waals surface area contributed by atoms with Crippen LogP contribution >= 0.6 is 0 Å². The van der Waals surface area contributed by atoms with Gasteiger partial charge in [-0.15, -0.1) is 0 Å². The molecule has 2 aliphatic heterocycles. The average molecular weight is 1450 g/mol. The molecular weight excluding hydrogens is 1380 g/mol. The van der Waals surface area contributed by atoms with Gasteiger partial charge in [-0.25, -0.2) is 0 Å². The predicted octanol–water partition coefficient (Wildman–Crippen LogP) is 27.2. The normalized spacial score (nSPS) is 12.3. The van der Waals surface area contributed by atoms with Crippen molar-refractivity contribution in [2.75, 3.05) is 9.80 Å². The van der Waals surface area contributed by atoms with Crippen LogP contribution in [0.5, 0.6) is 0 Å². The quantitative estimate of drug-likeness (QED) is 0.114. The third kappa shape index (κ3) is 10.3. The van der Waals surface area contributed by atoms with Gasteiger partial charge in [-0.05, 0) is 156 Å². The zero-order chi connectivity index (χ0) is 74.9. The minimum Gasteiger partial charge on any atom is -0.454 e. The zero-order valence-electron chi connectivity index (χ0n) is 62.1. The highest BCUT2D eigenvalue weighted by atomic mass is 16.3. The van der Waals surface area contributed by atoms with Crippen molar-refractivity contribution in [2.24, 2.45) is 0 Å². The molecule has 0 amide bonds. The summed E-state index contributed by atoms with van der Waals surface area (Å²) in [7, 11) is 0. The maximum atomic E-state index is 7.82. The topological polar surface area (TPSA) is 29.5 Å². The molecule has 530 valence electrons. The second-order valence-electron chi connectivity index (χ2n) is 30.1. The fourth-order valence-electron chi connectivity index (χ4n) is 18.7. The van der Waals surface area contributed by atoms with Crippen LogP contribution in [0.4, 0.5) is 34.1 Å². The van der Waals surface area contributed by atoms with Crippen molar-refractivity contribution < 1.29 is 4.42 Å². The van der Waals surface area contributed by atoms with Gasteiger partial charge in [0.15, 0.2) is 5.58 Å². The number of nitrogens with zero attached hydrogens (tertiary/aromatic N) is 4. The first-order valence-corrected chi connectivity index (χ1v) is 39.3. The van der Waals surface area contributed by atoms with Gasteiger partial charge in [0, 0.05) is 83.0 Å². The van der Waals surface area contributed by atoms with Crippen LogP contribution in [0.1, 0.15) is 0 Å². The summed E-state index contributed by atoms with van der Waals surface area (Å²) in [6, 6.07) is 155. The van der Waals surface area contributed by atoms with Crippen molar-refractivity contribution in [1.29, 1.82) is 0 Å². The van der Waals surface area contributed by atoms with Gasteiger partial charge < -0.3 is 23.4 Å². The molecule has 0 fully saturated rings. The lowest BCUT2D eigenvalue weighted by Gasteiger charge is -2.45. The molecule has 114 heavy (non-hydrogen) atoms. The molecule has 21 aromatic rings. The molecule has 5 heterocycles. The lowest BCUT2D eigenvalue weighted by atomic mass is 9.33. The number of fused-ring (bicyclic) bond motifs is 14. The standard InChI is InChI=1S/C108H69BN4O/c1-6-26-70(27-7-1)74-48-56-78(57-49-74)84-40-24-41-85(79-58-50-75(51-59-79)71-28-8-2-9-29-71)105(84)112-101-67-92-90-38-18-22-46-98(90)110(82-34-14-5-15-35-82)100(92)69-95(101)109-94-66-83(111-96-44-20-16-36-88(96)89-37-17-21-45-97(89)111)64-65-99(94)113(107-104(109)102(112)68-93-91-39-19-23-47-103(91)114-108(93)107)106-86(80-60-52-76(53-61-80)72-30-10-3-11-31-72)42-25-43-87(106)81-62-54-77(55-63-81)73-32-12-4-13-33-73/h1-69H. The van der Waals surface area contributed by atoms with Crippen LogP contribution < -0.4 is 26.2 Å². The van der Waals surface area contributed by atoms with E-state index in [1.165, 1.54) is 38.4 Å². The first-order chi connectivity index (χ1) is 56.6. The highest BCUT2D eigenvalue weighted by Gasteiger charge is 2.48. The largest absolute Gasteiger partial charge is 0.454 e. The third-order valence-corrected chi connectivity index (χ3v) is 23.9. The summed E-state index contributed by atoms with van der Waals surface area (Å²) in [6.07, 6.45) is 0. The Morgan fingerprint density at radius 3 is 1.01 bits per heavy atom.